The number of aromatic nitrogens is 2. The lowest BCUT2D eigenvalue weighted by molar-refractivity contribution is 0.581. The molecule has 0 atom stereocenters. The maximum absolute atomic E-state index is 12.3. The molecule has 0 aliphatic carbocycles. The van der Waals surface area contributed by atoms with Crippen LogP contribution in [0.2, 0.25) is 0 Å². The van der Waals surface area contributed by atoms with Crippen LogP contribution in [-0.2, 0) is 23.6 Å². The molecule has 1 aromatic carbocycles. The average Bonchev–Trinajstić information content (AvgIpc) is 2.76. The smallest absolute Gasteiger partial charge is 0.240 e. The zero-order valence-corrected chi connectivity index (χ0v) is 12.9. The van der Waals surface area contributed by atoms with Crippen LogP contribution in [0.4, 0.5) is 0 Å². The van der Waals surface area contributed by atoms with Gasteiger partial charge < -0.3 is 0 Å². The Hall–Kier alpha value is -2.17. The Labute approximate surface area is 124 Å². The number of hydrogen-bond acceptors (Lipinski definition) is 4. The quantitative estimate of drug-likeness (QED) is 0.924. The molecule has 7 heteroatoms. The third-order valence-corrected chi connectivity index (χ3v) is 4.82. The van der Waals surface area contributed by atoms with Gasteiger partial charge in [0.05, 0.1) is 22.7 Å². The summed E-state index contributed by atoms with van der Waals surface area (Å²) in [5.74, 6) is 0. The molecule has 2 rings (SSSR count). The number of aryl methyl sites for hydroxylation is 2. The predicted octanol–water partition coefficient (Wildman–Crippen LogP) is 1.39. The summed E-state index contributed by atoms with van der Waals surface area (Å²) < 4.78 is 28.7. The molecule has 0 saturated carbocycles. The van der Waals surface area contributed by atoms with E-state index in [2.05, 4.69) is 9.82 Å². The Kier molecular flexibility index (Phi) is 4.11. The molecule has 6 nitrogen and oxygen atoms in total. The summed E-state index contributed by atoms with van der Waals surface area (Å²) in [6.45, 7) is 3.77. The lowest BCUT2D eigenvalue weighted by Gasteiger charge is -2.08. The van der Waals surface area contributed by atoms with Gasteiger partial charge >= 0.3 is 0 Å². The first-order valence-electron chi connectivity index (χ1n) is 6.33. The van der Waals surface area contributed by atoms with Crippen LogP contribution in [0.3, 0.4) is 0 Å². The number of hydrogen-bond donors (Lipinski definition) is 1. The number of nitrogens with zero attached hydrogens (tertiary/aromatic N) is 3. The van der Waals surface area contributed by atoms with Crippen LogP contribution >= 0.6 is 0 Å². The highest BCUT2D eigenvalue weighted by atomic mass is 32.2. The number of rotatable bonds is 4. The lowest BCUT2D eigenvalue weighted by atomic mass is 10.1. The van der Waals surface area contributed by atoms with Crippen molar-refractivity contribution in [2.45, 2.75) is 25.3 Å². The van der Waals surface area contributed by atoms with Gasteiger partial charge in [-0.05, 0) is 37.6 Å². The monoisotopic (exact) mass is 304 g/mol. The minimum absolute atomic E-state index is 0.153. The summed E-state index contributed by atoms with van der Waals surface area (Å²) in [6, 6.07) is 6.46. The van der Waals surface area contributed by atoms with E-state index in [1.54, 1.807) is 24.9 Å². The van der Waals surface area contributed by atoms with E-state index < -0.39 is 10.0 Å². The Bertz CT molecular complexity index is 816. The fourth-order valence-electron chi connectivity index (χ4n) is 1.90. The first kappa shape index (κ1) is 15.2. The van der Waals surface area contributed by atoms with Gasteiger partial charge in [0, 0.05) is 24.8 Å². The fourth-order valence-corrected chi connectivity index (χ4v) is 2.99. The molecule has 0 radical (unpaired) electrons. The van der Waals surface area contributed by atoms with Gasteiger partial charge in [-0.1, -0.05) is 0 Å². The minimum Gasteiger partial charge on any atom is -0.273 e. The molecule has 0 unspecified atom stereocenters. The number of nitriles is 1. The summed E-state index contributed by atoms with van der Waals surface area (Å²) in [7, 11) is -1.81. The standard InChI is InChI=1S/C14H16N4O2S/c1-10-6-14(5-4-12(10)7-15)21(19,20)17-9-13-8-16-18(3)11(13)2/h4-6,8,17H,9H2,1-3H3. The number of benzene rings is 1. The summed E-state index contributed by atoms with van der Waals surface area (Å²) in [5.41, 5.74) is 2.84. The minimum atomic E-state index is -3.61. The molecule has 0 aliphatic heterocycles. The molecule has 2 aromatic rings. The molecule has 0 amide bonds. The summed E-state index contributed by atoms with van der Waals surface area (Å²) in [4.78, 5) is 0.153. The maximum Gasteiger partial charge on any atom is 0.240 e. The number of nitrogens with one attached hydrogen (secondary N) is 1. The first-order valence-corrected chi connectivity index (χ1v) is 7.81. The summed E-state index contributed by atoms with van der Waals surface area (Å²) in [5, 5.41) is 12.9. The van der Waals surface area contributed by atoms with Gasteiger partial charge in [-0.15, -0.1) is 0 Å². The normalized spacial score (nSPS) is 11.3. The van der Waals surface area contributed by atoms with Crippen LogP contribution in [0.1, 0.15) is 22.4 Å². The van der Waals surface area contributed by atoms with E-state index in [1.165, 1.54) is 18.2 Å². The molecule has 0 fully saturated rings. The average molecular weight is 304 g/mol. The molecule has 0 saturated heterocycles. The van der Waals surface area contributed by atoms with Crippen molar-refractivity contribution < 1.29 is 8.42 Å². The Balaban J connectivity index is 2.21. The van der Waals surface area contributed by atoms with Crippen molar-refractivity contribution in [1.29, 1.82) is 5.26 Å². The Morgan fingerprint density at radius 2 is 2.10 bits per heavy atom. The van der Waals surface area contributed by atoms with Crippen molar-refractivity contribution in [2.24, 2.45) is 7.05 Å². The van der Waals surface area contributed by atoms with E-state index in [-0.39, 0.29) is 11.4 Å². The molecular formula is C14H16N4O2S. The van der Waals surface area contributed by atoms with E-state index >= 15 is 0 Å². The van der Waals surface area contributed by atoms with E-state index in [4.69, 9.17) is 5.26 Å². The van der Waals surface area contributed by atoms with Gasteiger partial charge in [-0.2, -0.15) is 10.4 Å². The largest absolute Gasteiger partial charge is 0.273 e. The van der Waals surface area contributed by atoms with Crippen LogP contribution in [0.25, 0.3) is 0 Å². The molecule has 1 aromatic heterocycles. The Morgan fingerprint density at radius 3 is 2.62 bits per heavy atom. The van der Waals surface area contributed by atoms with Crippen LogP contribution in [-0.4, -0.2) is 18.2 Å². The van der Waals surface area contributed by atoms with E-state index in [1.807, 2.05) is 13.0 Å². The molecular weight excluding hydrogens is 288 g/mol. The molecule has 0 spiro atoms. The van der Waals surface area contributed by atoms with Crippen LogP contribution < -0.4 is 4.72 Å². The molecule has 110 valence electrons. The van der Waals surface area contributed by atoms with Gasteiger partial charge in [0.15, 0.2) is 0 Å². The highest BCUT2D eigenvalue weighted by Crippen LogP contribution is 2.15. The van der Waals surface area contributed by atoms with Crippen molar-refractivity contribution in [2.75, 3.05) is 0 Å². The van der Waals surface area contributed by atoms with Crippen molar-refractivity contribution in [3.05, 3.63) is 46.8 Å². The van der Waals surface area contributed by atoms with E-state index in [0.29, 0.717) is 11.1 Å². The molecule has 21 heavy (non-hydrogen) atoms. The zero-order chi connectivity index (χ0) is 15.6. The zero-order valence-electron chi connectivity index (χ0n) is 12.1. The molecule has 0 bridgehead atoms. The van der Waals surface area contributed by atoms with Crippen LogP contribution in [0.5, 0.6) is 0 Å². The van der Waals surface area contributed by atoms with Gasteiger partial charge in [-0.3, -0.25) is 4.68 Å². The second kappa shape index (κ2) is 5.68. The SMILES string of the molecule is Cc1cc(S(=O)(=O)NCc2cnn(C)c2C)ccc1C#N. The van der Waals surface area contributed by atoms with Crippen molar-refractivity contribution in [3.63, 3.8) is 0 Å². The third kappa shape index (κ3) is 3.12. The topological polar surface area (TPSA) is 87.8 Å². The second-order valence-electron chi connectivity index (χ2n) is 4.79. The van der Waals surface area contributed by atoms with E-state index in [9.17, 15) is 8.42 Å². The third-order valence-electron chi connectivity index (χ3n) is 3.42. The van der Waals surface area contributed by atoms with Gasteiger partial charge in [-0.25, -0.2) is 13.1 Å². The van der Waals surface area contributed by atoms with Crippen LogP contribution in [0, 0.1) is 25.2 Å². The lowest BCUT2D eigenvalue weighted by Crippen LogP contribution is -2.23. The Morgan fingerprint density at radius 1 is 1.38 bits per heavy atom. The van der Waals surface area contributed by atoms with E-state index in [0.717, 1.165) is 11.3 Å². The van der Waals surface area contributed by atoms with Crippen molar-refractivity contribution >= 4 is 10.0 Å². The first-order chi connectivity index (χ1) is 9.85. The second-order valence-corrected chi connectivity index (χ2v) is 6.56. The van der Waals surface area contributed by atoms with Gasteiger partial charge in [0.2, 0.25) is 10.0 Å². The summed E-state index contributed by atoms with van der Waals surface area (Å²) >= 11 is 0. The molecule has 1 heterocycles. The highest BCUT2D eigenvalue weighted by molar-refractivity contribution is 7.89. The molecule has 1 N–H and O–H groups in total. The van der Waals surface area contributed by atoms with Gasteiger partial charge in [0.1, 0.15) is 0 Å². The highest BCUT2D eigenvalue weighted by Gasteiger charge is 2.16. The predicted molar refractivity (Wildman–Crippen MR) is 77.9 cm³/mol. The number of sulfonamides is 1. The van der Waals surface area contributed by atoms with Crippen molar-refractivity contribution in [3.8, 4) is 6.07 Å². The maximum atomic E-state index is 12.3. The molecule has 0 aliphatic rings. The summed E-state index contributed by atoms with van der Waals surface area (Å²) in [6.07, 6.45) is 1.64. The van der Waals surface area contributed by atoms with Crippen molar-refractivity contribution in [1.82, 2.24) is 14.5 Å². The van der Waals surface area contributed by atoms with Crippen LogP contribution in [0.15, 0.2) is 29.3 Å². The fraction of sp³-hybridized carbons (Fsp3) is 0.286. The van der Waals surface area contributed by atoms with Gasteiger partial charge in [0.25, 0.3) is 0 Å².